The van der Waals surface area contributed by atoms with E-state index in [9.17, 15) is 13.2 Å². The van der Waals surface area contributed by atoms with E-state index in [0.29, 0.717) is 19.4 Å². The molecular formula is C21H26N2O3S. The Morgan fingerprint density at radius 2 is 1.81 bits per heavy atom. The lowest BCUT2D eigenvalue weighted by atomic mass is 9.98. The molecule has 3 rings (SSSR count). The Morgan fingerprint density at radius 3 is 2.52 bits per heavy atom. The van der Waals surface area contributed by atoms with Crippen LogP contribution in [0.1, 0.15) is 29.5 Å². The molecule has 1 unspecified atom stereocenters. The first-order chi connectivity index (χ1) is 12.8. The fraction of sp³-hybridized carbons (Fsp3) is 0.381. The van der Waals surface area contributed by atoms with E-state index in [1.54, 1.807) is 0 Å². The van der Waals surface area contributed by atoms with Crippen molar-refractivity contribution in [3.05, 3.63) is 65.2 Å². The topological polar surface area (TPSA) is 66.5 Å². The van der Waals surface area contributed by atoms with Crippen LogP contribution in [0.25, 0.3) is 0 Å². The lowest BCUT2D eigenvalue weighted by molar-refractivity contribution is -0.120. The number of sulfonamides is 1. The third kappa shape index (κ3) is 4.96. The Morgan fingerprint density at radius 1 is 1.11 bits per heavy atom. The molecule has 0 aromatic heterocycles. The van der Waals surface area contributed by atoms with Crippen LogP contribution in [0.15, 0.2) is 48.5 Å². The molecule has 1 aliphatic heterocycles. The zero-order chi connectivity index (χ0) is 19.4. The average Bonchev–Trinajstić information content (AvgIpc) is 2.65. The van der Waals surface area contributed by atoms with Gasteiger partial charge in [0.25, 0.3) is 0 Å². The summed E-state index contributed by atoms with van der Waals surface area (Å²) in [5.74, 6) is -0.465. The highest BCUT2D eigenvalue weighted by Gasteiger charge is 2.32. The Bertz CT molecular complexity index is 907. The maximum Gasteiger partial charge on any atom is 0.228 e. The molecule has 1 atom stereocenters. The minimum atomic E-state index is -3.45. The molecule has 1 fully saturated rings. The molecule has 27 heavy (non-hydrogen) atoms. The van der Waals surface area contributed by atoms with Crippen LogP contribution in [0, 0.1) is 19.8 Å². The number of piperidine rings is 1. The molecule has 0 aliphatic carbocycles. The summed E-state index contributed by atoms with van der Waals surface area (Å²) in [4.78, 5) is 12.6. The Labute approximate surface area is 161 Å². The smallest absolute Gasteiger partial charge is 0.228 e. The molecule has 2 aromatic rings. The summed E-state index contributed by atoms with van der Waals surface area (Å²) in [7, 11) is -3.45. The molecule has 2 aromatic carbocycles. The summed E-state index contributed by atoms with van der Waals surface area (Å²) in [5, 5.41) is 2.91. The summed E-state index contributed by atoms with van der Waals surface area (Å²) in [6.45, 7) is 4.62. The second-order valence-electron chi connectivity index (χ2n) is 7.24. The quantitative estimate of drug-likeness (QED) is 0.855. The van der Waals surface area contributed by atoms with Crippen molar-refractivity contribution in [2.75, 3.05) is 18.4 Å². The Balaban J connectivity index is 1.66. The number of nitrogens with one attached hydrogen (secondary N) is 1. The fourth-order valence-corrected chi connectivity index (χ4v) is 5.06. The molecule has 1 aliphatic rings. The van der Waals surface area contributed by atoms with Gasteiger partial charge in [-0.3, -0.25) is 4.79 Å². The van der Waals surface area contributed by atoms with Gasteiger partial charge in [0, 0.05) is 18.8 Å². The lowest BCUT2D eigenvalue weighted by Gasteiger charge is -2.31. The van der Waals surface area contributed by atoms with Crippen LogP contribution in [-0.2, 0) is 20.6 Å². The summed E-state index contributed by atoms with van der Waals surface area (Å²) >= 11 is 0. The second-order valence-corrected chi connectivity index (χ2v) is 9.20. The fourth-order valence-electron chi connectivity index (χ4n) is 3.35. The number of hydrogen-bond donors (Lipinski definition) is 1. The molecule has 144 valence electrons. The predicted octanol–water partition coefficient (Wildman–Crippen LogP) is 3.48. The van der Waals surface area contributed by atoms with Crippen LogP contribution in [-0.4, -0.2) is 31.7 Å². The van der Waals surface area contributed by atoms with Crippen molar-refractivity contribution in [1.82, 2.24) is 4.31 Å². The van der Waals surface area contributed by atoms with Crippen molar-refractivity contribution in [1.29, 1.82) is 0 Å². The minimum absolute atomic E-state index is 0.0219. The molecule has 0 spiro atoms. The van der Waals surface area contributed by atoms with E-state index in [1.165, 1.54) is 4.31 Å². The van der Waals surface area contributed by atoms with Crippen molar-refractivity contribution >= 4 is 21.6 Å². The molecule has 5 nitrogen and oxygen atoms in total. The van der Waals surface area contributed by atoms with Gasteiger partial charge in [0.2, 0.25) is 15.9 Å². The lowest BCUT2D eigenvalue weighted by Crippen LogP contribution is -2.44. The monoisotopic (exact) mass is 386 g/mol. The molecule has 1 amide bonds. The molecule has 6 heteroatoms. The first-order valence-electron chi connectivity index (χ1n) is 9.25. The number of carbonyl (C=O) groups is 1. The molecule has 1 N–H and O–H groups in total. The van der Waals surface area contributed by atoms with Gasteiger partial charge >= 0.3 is 0 Å². The van der Waals surface area contributed by atoms with Crippen molar-refractivity contribution in [3.8, 4) is 0 Å². The van der Waals surface area contributed by atoms with Gasteiger partial charge < -0.3 is 5.32 Å². The van der Waals surface area contributed by atoms with Gasteiger partial charge in [-0.15, -0.1) is 0 Å². The molecule has 0 saturated carbocycles. The van der Waals surface area contributed by atoms with Crippen molar-refractivity contribution in [3.63, 3.8) is 0 Å². The number of rotatable bonds is 5. The van der Waals surface area contributed by atoms with Gasteiger partial charge in [0.15, 0.2) is 0 Å². The maximum absolute atomic E-state index is 12.9. The van der Waals surface area contributed by atoms with Crippen LogP contribution >= 0.6 is 0 Å². The number of anilines is 1. The highest BCUT2D eigenvalue weighted by atomic mass is 32.2. The highest BCUT2D eigenvalue weighted by Crippen LogP contribution is 2.23. The van der Waals surface area contributed by atoms with E-state index >= 15 is 0 Å². The molecule has 1 heterocycles. The SMILES string of the molecule is Cc1ccc(NC(=O)C2CCCN(S(=O)(=O)Cc3ccccc3C)C2)cc1. The first kappa shape index (κ1) is 19.6. The van der Waals surface area contributed by atoms with Crippen molar-refractivity contribution in [2.24, 2.45) is 5.92 Å². The minimum Gasteiger partial charge on any atom is -0.326 e. The number of benzene rings is 2. The summed E-state index contributed by atoms with van der Waals surface area (Å²) in [6.07, 6.45) is 1.40. The molecule has 0 radical (unpaired) electrons. The highest BCUT2D eigenvalue weighted by molar-refractivity contribution is 7.88. The largest absolute Gasteiger partial charge is 0.326 e. The van der Waals surface area contributed by atoms with Crippen LogP contribution < -0.4 is 5.32 Å². The normalized spacial score (nSPS) is 18.2. The van der Waals surface area contributed by atoms with E-state index in [0.717, 1.165) is 22.4 Å². The van der Waals surface area contributed by atoms with E-state index in [2.05, 4.69) is 5.32 Å². The number of nitrogens with zero attached hydrogens (tertiary/aromatic N) is 1. The third-order valence-electron chi connectivity index (χ3n) is 5.07. The Hall–Kier alpha value is -2.18. The van der Waals surface area contributed by atoms with E-state index in [4.69, 9.17) is 0 Å². The number of carbonyl (C=O) groups excluding carboxylic acids is 1. The van der Waals surface area contributed by atoms with Crippen LogP contribution in [0.4, 0.5) is 5.69 Å². The molecule has 0 bridgehead atoms. The summed E-state index contributed by atoms with van der Waals surface area (Å²) in [6, 6.07) is 15.1. The van der Waals surface area contributed by atoms with Gasteiger partial charge in [-0.2, -0.15) is 0 Å². The van der Waals surface area contributed by atoms with E-state index in [-0.39, 0.29) is 24.1 Å². The van der Waals surface area contributed by atoms with Crippen molar-refractivity contribution in [2.45, 2.75) is 32.4 Å². The summed E-state index contributed by atoms with van der Waals surface area (Å²) in [5.41, 5.74) is 3.64. The van der Waals surface area contributed by atoms with Crippen molar-refractivity contribution < 1.29 is 13.2 Å². The number of aryl methyl sites for hydroxylation is 2. The van der Waals surface area contributed by atoms with Gasteiger partial charge in [0.05, 0.1) is 11.7 Å². The zero-order valence-electron chi connectivity index (χ0n) is 15.8. The van der Waals surface area contributed by atoms with Crippen LogP contribution in [0.5, 0.6) is 0 Å². The van der Waals surface area contributed by atoms with Crippen LogP contribution in [0.2, 0.25) is 0 Å². The van der Waals surface area contributed by atoms with E-state index < -0.39 is 10.0 Å². The summed E-state index contributed by atoms with van der Waals surface area (Å²) < 4.78 is 27.2. The van der Waals surface area contributed by atoms with Crippen LogP contribution in [0.3, 0.4) is 0 Å². The van der Waals surface area contributed by atoms with Gasteiger partial charge in [-0.25, -0.2) is 12.7 Å². The zero-order valence-corrected chi connectivity index (χ0v) is 16.6. The van der Waals surface area contributed by atoms with E-state index in [1.807, 2.05) is 62.4 Å². The second kappa shape index (κ2) is 8.23. The average molecular weight is 387 g/mol. The maximum atomic E-state index is 12.9. The van der Waals surface area contributed by atoms with Gasteiger partial charge in [-0.05, 0) is 49.9 Å². The molecule has 1 saturated heterocycles. The predicted molar refractivity (Wildman–Crippen MR) is 108 cm³/mol. The third-order valence-corrected chi connectivity index (χ3v) is 6.86. The standard InChI is InChI=1S/C21H26N2O3S/c1-16-9-11-20(12-10-16)22-21(24)18-8-5-13-23(14-18)27(25,26)15-19-7-4-3-6-17(19)2/h3-4,6-7,9-12,18H,5,8,13-15H2,1-2H3,(H,22,24). The number of hydrogen-bond acceptors (Lipinski definition) is 3. The first-order valence-corrected chi connectivity index (χ1v) is 10.9. The number of amides is 1. The Kier molecular flexibility index (Phi) is 5.97. The van der Waals surface area contributed by atoms with Gasteiger partial charge in [0.1, 0.15) is 0 Å². The van der Waals surface area contributed by atoms with Gasteiger partial charge in [-0.1, -0.05) is 42.0 Å². The molecular weight excluding hydrogens is 360 g/mol.